The van der Waals surface area contributed by atoms with Gasteiger partial charge in [-0.3, -0.25) is 0 Å². The van der Waals surface area contributed by atoms with Crippen LogP contribution in [-0.4, -0.2) is 39.1 Å². The van der Waals surface area contributed by atoms with Crippen LogP contribution in [0.1, 0.15) is 13.3 Å². The van der Waals surface area contributed by atoms with E-state index in [1.54, 1.807) is 7.11 Å². The molecule has 1 fully saturated rings. The number of hydrogen-bond acceptors (Lipinski definition) is 3. The highest BCUT2D eigenvalue weighted by molar-refractivity contribution is 4.71. The van der Waals surface area contributed by atoms with Crippen LogP contribution in [0.15, 0.2) is 0 Å². The maximum absolute atomic E-state index is 5.43. The van der Waals surface area contributed by atoms with E-state index in [1.165, 1.54) is 0 Å². The minimum absolute atomic E-state index is 0.303. The molecule has 2 atom stereocenters. The van der Waals surface area contributed by atoms with Gasteiger partial charge in [0.1, 0.15) is 0 Å². The van der Waals surface area contributed by atoms with Crippen molar-refractivity contribution >= 4 is 0 Å². The fourth-order valence-electron chi connectivity index (χ4n) is 0.975. The van der Waals surface area contributed by atoms with Gasteiger partial charge in [-0.15, -0.1) is 0 Å². The van der Waals surface area contributed by atoms with Gasteiger partial charge in [0.15, 0.2) is 0 Å². The van der Waals surface area contributed by atoms with Gasteiger partial charge < -0.3 is 14.2 Å². The fraction of sp³-hybridized carbons (Fsp3) is 1.00. The summed E-state index contributed by atoms with van der Waals surface area (Å²) >= 11 is 0. The molecule has 3 heteroatoms. The molecule has 11 heavy (non-hydrogen) atoms. The molecule has 1 saturated heterocycles. The lowest BCUT2D eigenvalue weighted by Gasteiger charge is -2.10. The van der Waals surface area contributed by atoms with E-state index < -0.39 is 0 Å². The highest BCUT2D eigenvalue weighted by atomic mass is 16.6. The lowest BCUT2D eigenvalue weighted by molar-refractivity contribution is 0.0193. The zero-order chi connectivity index (χ0) is 8.10. The molecule has 0 aromatic rings. The van der Waals surface area contributed by atoms with Gasteiger partial charge in [0.05, 0.1) is 32.0 Å². The van der Waals surface area contributed by atoms with Crippen molar-refractivity contribution in [3.8, 4) is 0 Å². The summed E-state index contributed by atoms with van der Waals surface area (Å²) in [6.45, 7) is 4.34. The van der Waals surface area contributed by atoms with E-state index in [0.29, 0.717) is 25.4 Å². The Morgan fingerprint density at radius 3 is 2.82 bits per heavy atom. The van der Waals surface area contributed by atoms with E-state index in [0.717, 1.165) is 13.0 Å². The minimum Gasteiger partial charge on any atom is -0.382 e. The van der Waals surface area contributed by atoms with E-state index in [1.807, 2.05) is 0 Å². The molecule has 0 N–H and O–H groups in total. The van der Waals surface area contributed by atoms with Crippen LogP contribution in [0.25, 0.3) is 0 Å². The molecule has 1 heterocycles. The van der Waals surface area contributed by atoms with Crippen LogP contribution in [0, 0.1) is 0 Å². The molecule has 1 aliphatic heterocycles. The van der Waals surface area contributed by atoms with E-state index >= 15 is 0 Å². The molecular formula is C8H16O3. The maximum Gasteiger partial charge on any atom is 0.0834 e. The van der Waals surface area contributed by atoms with E-state index in [4.69, 9.17) is 14.2 Å². The molecule has 2 unspecified atom stereocenters. The molecule has 0 aliphatic carbocycles. The third-order valence-corrected chi connectivity index (χ3v) is 1.69. The van der Waals surface area contributed by atoms with Gasteiger partial charge >= 0.3 is 0 Å². The Morgan fingerprint density at radius 2 is 2.27 bits per heavy atom. The molecule has 0 aromatic heterocycles. The molecule has 0 saturated carbocycles. The van der Waals surface area contributed by atoms with Gasteiger partial charge in [0.2, 0.25) is 0 Å². The number of methoxy groups -OCH3 is 1. The third-order valence-electron chi connectivity index (χ3n) is 1.69. The second-order valence-corrected chi connectivity index (χ2v) is 2.87. The Hall–Kier alpha value is -0.120. The van der Waals surface area contributed by atoms with Gasteiger partial charge in [-0.2, -0.15) is 0 Å². The highest BCUT2D eigenvalue weighted by Gasteiger charge is 2.24. The van der Waals surface area contributed by atoms with Gasteiger partial charge in [-0.1, -0.05) is 0 Å². The number of hydrogen-bond donors (Lipinski definition) is 0. The summed E-state index contributed by atoms with van der Waals surface area (Å²) in [6, 6.07) is 0. The smallest absolute Gasteiger partial charge is 0.0834 e. The maximum atomic E-state index is 5.43. The summed E-state index contributed by atoms with van der Waals surface area (Å²) in [6.07, 6.45) is 1.79. The first kappa shape index (κ1) is 8.97. The topological polar surface area (TPSA) is 31.0 Å². The van der Waals surface area contributed by atoms with Crippen molar-refractivity contribution in [3.63, 3.8) is 0 Å². The molecule has 0 bridgehead atoms. The molecule has 3 nitrogen and oxygen atoms in total. The van der Waals surface area contributed by atoms with Gasteiger partial charge in [0, 0.05) is 13.5 Å². The first-order chi connectivity index (χ1) is 5.33. The van der Waals surface area contributed by atoms with Crippen LogP contribution in [0.2, 0.25) is 0 Å². The van der Waals surface area contributed by atoms with E-state index in [-0.39, 0.29) is 0 Å². The van der Waals surface area contributed by atoms with Gasteiger partial charge in [-0.25, -0.2) is 0 Å². The average Bonchev–Trinajstić information content (AvgIpc) is 2.72. The van der Waals surface area contributed by atoms with Crippen molar-refractivity contribution in [2.24, 2.45) is 0 Å². The molecule has 0 aromatic carbocycles. The molecule has 1 rings (SSSR count). The second-order valence-electron chi connectivity index (χ2n) is 2.87. The molecule has 1 aliphatic rings. The largest absolute Gasteiger partial charge is 0.382 e. The molecular weight excluding hydrogens is 144 g/mol. The molecule has 0 spiro atoms. The first-order valence-electron chi connectivity index (χ1n) is 4.05. The van der Waals surface area contributed by atoms with Crippen LogP contribution in [0.5, 0.6) is 0 Å². The van der Waals surface area contributed by atoms with Crippen LogP contribution < -0.4 is 0 Å². The second kappa shape index (κ2) is 4.70. The zero-order valence-corrected chi connectivity index (χ0v) is 7.21. The predicted molar refractivity (Wildman–Crippen MR) is 41.6 cm³/mol. The summed E-state index contributed by atoms with van der Waals surface area (Å²) in [5.74, 6) is 0. The van der Waals surface area contributed by atoms with Crippen molar-refractivity contribution in [2.45, 2.75) is 25.6 Å². The lowest BCUT2D eigenvalue weighted by Crippen LogP contribution is -2.14. The Balaban J connectivity index is 1.87. The summed E-state index contributed by atoms with van der Waals surface area (Å²) in [7, 11) is 1.68. The van der Waals surface area contributed by atoms with Crippen LogP contribution in [-0.2, 0) is 14.2 Å². The zero-order valence-electron chi connectivity index (χ0n) is 7.21. The number of ether oxygens (including phenoxy) is 3. The summed E-state index contributed by atoms with van der Waals surface area (Å²) in [5.41, 5.74) is 0. The molecule has 0 radical (unpaired) electrons. The van der Waals surface area contributed by atoms with Crippen molar-refractivity contribution in [2.75, 3.05) is 26.9 Å². The van der Waals surface area contributed by atoms with E-state index in [9.17, 15) is 0 Å². The SMILES string of the molecule is COCCOC(C)CC1CO1. The average molecular weight is 160 g/mol. The molecule has 0 amide bonds. The number of epoxide rings is 1. The van der Waals surface area contributed by atoms with Gasteiger partial charge in [0.25, 0.3) is 0 Å². The summed E-state index contributed by atoms with van der Waals surface area (Å²) in [5, 5.41) is 0. The van der Waals surface area contributed by atoms with Crippen LogP contribution in [0.4, 0.5) is 0 Å². The number of rotatable bonds is 6. The Labute approximate surface area is 67.6 Å². The normalized spacial score (nSPS) is 25.1. The summed E-state index contributed by atoms with van der Waals surface area (Å²) in [4.78, 5) is 0. The minimum atomic E-state index is 0.303. The van der Waals surface area contributed by atoms with Crippen LogP contribution in [0.3, 0.4) is 0 Å². The van der Waals surface area contributed by atoms with Crippen molar-refractivity contribution < 1.29 is 14.2 Å². The monoisotopic (exact) mass is 160 g/mol. The molecule has 66 valence electrons. The van der Waals surface area contributed by atoms with Gasteiger partial charge in [-0.05, 0) is 6.92 Å². The first-order valence-corrected chi connectivity index (χ1v) is 4.05. The third kappa shape index (κ3) is 4.35. The Morgan fingerprint density at radius 1 is 1.55 bits per heavy atom. The fourth-order valence-corrected chi connectivity index (χ4v) is 0.975. The Kier molecular flexibility index (Phi) is 3.83. The highest BCUT2D eigenvalue weighted by Crippen LogP contribution is 2.16. The Bertz CT molecular complexity index is 102. The quantitative estimate of drug-likeness (QED) is 0.426. The van der Waals surface area contributed by atoms with Crippen molar-refractivity contribution in [3.05, 3.63) is 0 Å². The lowest BCUT2D eigenvalue weighted by atomic mass is 10.2. The standard InChI is InChI=1S/C8H16O3/c1-7(5-8-6-11-8)10-4-3-9-2/h7-8H,3-6H2,1-2H3. The predicted octanol–water partition coefficient (Wildman–Crippen LogP) is 0.827. The van der Waals surface area contributed by atoms with E-state index in [2.05, 4.69) is 6.92 Å². The van der Waals surface area contributed by atoms with Crippen molar-refractivity contribution in [1.82, 2.24) is 0 Å². The summed E-state index contributed by atoms with van der Waals surface area (Å²) < 4.78 is 15.4. The van der Waals surface area contributed by atoms with Crippen LogP contribution >= 0.6 is 0 Å². The van der Waals surface area contributed by atoms with Crippen molar-refractivity contribution in [1.29, 1.82) is 0 Å².